The van der Waals surface area contributed by atoms with Gasteiger partial charge in [0.1, 0.15) is 5.82 Å². The minimum atomic E-state index is -0.125. The van der Waals surface area contributed by atoms with E-state index in [0.717, 1.165) is 28.9 Å². The van der Waals surface area contributed by atoms with Gasteiger partial charge in [-0.15, -0.1) is 10.2 Å². The van der Waals surface area contributed by atoms with Crippen LogP contribution in [-0.4, -0.2) is 39.0 Å². The van der Waals surface area contributed by atoms with Crippen molar-refractivity contribution in [2.24, 2.45) is 0 Å². The smallest absolute Gasteiger partial charge is 0.227 e. The Labute approximate surface area is 171 Å². The van der Waals surface area contributed by atoms with E-state index in [1.54, 1.807) is 4.68 Å². The standard InChI is InChI=1S/C22H28N6O/c1-5-19(18-9-7-6-8-10-18)22(29)24-14-13-23-20-11-12-21(26-25-20)28-17(4)15(2)16(3)27-28/h6-12,19H,5,13-14H2,1-4H3,(H,23,25)(H,24,29). The first-order valence-electron chi connectivity index (χ1n) is 9.94. The Hall–Kier alpha value is -3.22. The van der Waals surface area contributed by atoms with Gasteiger partial charge in [0.05, 0.1) is 11.6 Å². The molecule has 29 heavy (non-hydrogen) atoms. The Balaban J connectivity index is 1.50. The van der Waals surface area contributed by atoms with Crippen LogP contribution in [0.2, 0.25) is 0 Å². The Morgan fingerprint density at radius 2 is 1.79 bits per heavy atom. The van der Waals surface area contributed by atoms with E-state index in [2.05, 4.69) is 25.9 Å². The number of anilines is 1. The third-order valence-electron chi connectivity index (χ3n) is 5.18. The Morgan fingerprint density at radius 1 is 1.03 bits per heavy atom. The zero-order valence-electron chi connectivity index (χ0n) is 17.4. The molecule has 0 saturated heterocycles. The highest BCUT2D eigenvalue weighted by molar-refractivity contribution is 5.83. The lowest BCUT2D eigenvalue weighted by molar-refractivity contribution is -0.122. The third kappa shape index (κ3) is 4.80. The molecule has 3 rings (SSSR count). The monoisotopic (exact) mass is 392 g/mol. The largest absolute Gasteiger partial charge is 0.367 e. The lowest BCUT2D eigenvalue weighted by atomic mass is 9.96. The number of hydrogen-bond donors (Lipinski definition) is 2. The van der Waals surface area contributed by atoms with Gasteiger partial charge < -0.3 is 10.6 Å². The SMILES string of the molecule is CCC(C(=O)NCCNc1ccc(-n2nc(C)c(C)c2C)nn1)c1ccccc1. The summed E-state index contributed by atoms with van der Waals surface area (Å²) in [4.78, 5) is 12.5. The van der Waals surface area contributed by atoms with E-state index in [1.165, 1.54) is 0 Å². The van der Waals surface area contributed by atoms with Gasteiger partial charge in [-0.3, -0.25) is 4.79 Å². The summed E-state index contributed by atoms with van der Waals surface area (Å²) < 4.78 is 1.80. The quantitative estimate of drug-likeness (QED) is 0.575. The van der Waals surface area contributed by atoms with Crippen LogP contribution in [-0.2, 0) is 4.79 Å². The van der Waals surface area contributed by atoms with Crippen molar-refractivity contribution in [2.45, 2.75) is 40.0 Å². The van der Waals surface area contributed by atoms with Gasteiger partial charge in [0, 0.05) is 18.8 Å². The zero-order chi connectivity index (χ0) is 20.8. The Bertz CT molecular complexity index is 949. The maximum absolute atomic E-state index is 12.5. The molecule has 0 bridgehead atoms. The average Bonchev–Trinajstić information content (AvgIpc) is 3.00. The number of nitrogens with zero attached hydrogens (tertiary/aromatic N) is 4. The van der Waals surface area contributed by atoms with Crippen molar-refractivity contribution in [3.8, 4) is 5.82 Å². The lowest BCUT2D eigenvalue weighted by Crippen LogP contribution is -2.33. The first kappa shape index (κ1) is 20.5. The summed E-state index contributed by atoms with van der Waals surface area (Å²) in [5, 5.41) is 19.2. The molecule has 2 heterocycles. The molecule has 0 fully saturated rings. The number of aromatic nitrogens is 4. The fraction of sp³-hybridized carbons (Fsp3) is 0.364. The van der Waals surface area contributed by atoms with Gasteiger partial charge in [0.15, 0.2) is 5.82 Å². The van der Waals surface area contributed by atoms with E-state index in [9.17, 15) is 4.79 Å². The fourth-order valence-corrected chi connectivity index (χ4v) is 3.23. The van der Waals surface area contributed by atoms with E-state index >= 15 is 0 Å². The second kappa shape index (κ2) is 9.32. The summed E-state index contributed by atoms with van der Waals surface area (Å²) in [6.07, 6.45) is 0.766. The Morgan fingerprint density at radius 3 is 2.38 bits per heavy atom. The molecule has 7 heteroatoms. The number of amides is 1. The first-order chi connectivity index (χ1) is 14.0. The molecule has 1 amide bonds. The maximum Gasteiger partial charge on any atom is 0.227 e. The topological polar surface area (TPSA) is 84.7 Å². The molecule has 3 aromatic rings. The van der Waals surface area contributed by atoms with Crippen LogP contribution < -0.4 is 10.6 Å². The maximum atomic E-state index is 12.5. The van der Waals surface area contributed by atoms with Gasteiger partial charge in [-0.1, -0.05) is 37.3 Å². The van der Waals surface area contributed by atoms with Gasteiger partial charge in [0.25, 0.3) is 0 Å². The number of benzene rings is 1. The molecule has 7 nitrogen and oxygen atoms in total. The van der Waals surface area contributed by atoms with Crippen molar-refractivity contribution in [1.29, 1.82) is 0 Å². The van der Waals surface area contributed by atoms with Crippen molar-refractivity contribution in [3.63, 3.8) is 0 Å². The van der Waals surface area contributed by atoms with Crippen molar-refractivity contribution in [3.05, 3.63) is 65.0 Å². The van der Waals surface area contributed by atoms with Crippen LogP contribution in [0.15, 0.2) is 42.5 Å². The van der Waals surface area contributed by atoms with Crippen LogP contribution in [0.1, 0.15) is 41.8 Å². The van der Waals surface area contributed by atoms with Gasteiger partial charge in [-0.05, 0) is 50.5 Å². The van der Waals surface area contributed by atoms with Crippen molar-refractivity contribution in [2.75, 3.05) is 18.4 Å². The number of aryl methyl sites for hydroxylation is 1. The number of carbonyl (C=O) groups excluding carboxylic acids is 1. The third-order valence-corrected chi connectivity index (χ3v) is 5.18. The van der Waals surface area contributed by atoms with Gasteiger partial charge >= 0.3 is 0 Å². The van der Waals surface area contributed by atoms with Crippen LogP contribution in [0.4, 0.5) is 5.82 Å². The molecule has 0 aliphatic rings. The van der Waals surface area contributed by atoms with Gasteiger partial charge in [-0.2, -0.15) is 5.10 Å². The molecule has 0 aliphatic heterocycles. The van der Waals surface area contributed by atoms with E-state index in [0.29, 0.717) is 24.7 Å². The molecule has 0 saturated carbocycles. The van der Waals surface area contributed by atoms with Gasteiger partial charge in [-0.25, -0.2) is 4.68 Å². The minimum Gasteiger partial charge on any atom is -0.367 e. The molecular weight excluding hydrogens is 364 g/mol. The number of carbonyl (C=O) groups is 1. The van der Waals surface area contributed by atoms with Crippen molar-refractivity contribution in [1.82, 2.24) is 25.3 Å². The summed E-state index contributed by atoms with van der Waals surface area (Å²) in [5.41, 5.74) is 4.25. The molecule has 0 spiro atoms. The number of rotatable bonds is 8. The van der Waals surface area contributed by atoms with E-state index in [4.69, 9.17) is 0 Å². The highest BCUT2D eigenvalue weighted by Crippen LogP contribution is 2.19. The van der Waals surface area contributed by atoms with Crippen LogP contribution in [0.25, 0.3) is 5.82 Å². The van der Waals surface area contributed by atoms with Crippen molar-refractivity contribution >= 4 is 11.7 Å². The molecule has 1 atom stereocenters. The van der Waals surface area contributed by atoms with Crippen LogP contribution >= 0.6 is 0 Å². The van der Waals surface area contributed by atoms with Gasteiger partial charge in [0.2, 0.25) is 5.91 Å². The van der Waals surface area contributed by atoms with Crippen LogP contribution in [0.3, 0.4) is 0 Å². The van der Waals surface area contributed by atoms with Crippen LogP contribution in [0, 0.1) is 20.8 Å². The zero-order valence-corrected chi connectivity index (χ0v) is 17.4. The highest BCUT2D eigenvalue weighted by atomic mass is 16.1. The summed E-state index contributed by atoms with van der Waals surface area (Å²) in [7, 11) is 0. The molecule has 1 aromatic carbocycles. The molecule has 2 N–H and O–H groups in total. The molecule has 2 aromatic heterocycles. The molecule has 0 aliphatic carbocycles. The normalized spacial score (nSPS) is 11.9. The molecule has 0 radical (unpaired) electrons. The minimum absolute atomic E-state index is 0.0434. The second-order valence-electron chi connectivity index (χ2n) is 7.07. The Kier molecular flexibility index (Phi) is 6.59. The molecular formula is C22H28N6O. The fourth-order valence-electron chi connectivity index (χ4n) is 3.23. The number of nitrogens with one attached hydrogen (secondary N) is 2. The number of hydrogen-bond acceptors (Lipinski definition) is 5. The summed E-state index contributed by atoms with van der Waals surface area (Å²) >= 11 is 0. The predicted molar refractivity (Wildman–Crippen MR) is 114 cm³/mol. The average molecular weight is 393 g/mol. The van der Waals surface area contributed by atoms with E-state index < -0.39 is 0 Å². The predicted octanol–water partition coefficient (Wildman–Crippen LogP) is 3.31. The highest BCUT2D eigenvalue weighted by Gasteiger charge is 2.17. The summed E-state index contributed by atoms with van der Waals surface area (Å²) in [6, 6.07) is 13.6. The first-order valence-corrected chi connectivity index (χ1v) is 9.94. The molecule has 1 unspecified atom stereocenters. The summed E-state index contributed by atoms with van der Waals surface area (Å²) in [6.45, 7) is 9.16. The molecule has 152 valence electrons. The van der Waals surface area contributed by atoms with E-state index in [1.807, 2.05) is 70.2 Å². The van der Waals surface area contributed by atoms with Crippen molar-refractivity contribution < 1.29 is 4.79 Å². The van der Waals surface area contributed by atoms with E-state index in [-0.39, 0.29) is 11.8 Å². The lowest BCUT2D eigenvalue weighted by Gasteiger charge is -2.15. The van der Waals surface area contributed by atoms with Crippen LogP contribution in [0.5, 0.6) is 0 Å². The second-order valence-corrected chi connectivity index (χ2v) is 7.07. The summed E-state index contributed by atoms with van der Waals surface area (Å²) in [5.74, 6) is 1.27.